The molecule has 24 heavy (non-hydrogen) atoms. The molecule has 0 saturated carbocycles. The van der Waals surface area contributed by atoms with Gasteiger partial charge in [0.25, 0.3) is 0 Å². The van der Waals surface area contributed by atoms with Crippen LogP contribution in [0.15, 0.2) is 24.4 Å². The van der Waals surface area contributed by atoms with Crippen LogP contribution in [0, 0.1) is 0 Å². The van der Waals surface area contributed by atoms with Gasteiger partial charge in [-0.2, -0.15) is 4.98 Å². The monoisotopic (exact) mass is 331 g/mol. The molecule has 1 unspecified atom stereocenters. The van der Waals surface area contributed by atoms with Gasteiger partial charge in [0.15, 0.2) is 6.23 Å². The zero-order valence-electron chi connectivity index (χ0n) is 14.6. The van der Waals surface area contributed by atoms with Gasteiger partial charge in [-0.1, -0.05) is 6.92 Å². The van der Waals surface area contributed by atoms with Gasteiger partial charge in [0, 0.05) is 30.5 Å². The zero-order valence-corrected chi connectivity index (χ0v) is 14.6. The molecule has 1 aromatic carbocycles. The Morgan fingerprint density at radius 2 is 2.08 bits per heavy atom. The number of hydrogen-bond donors (Lipinski definition) is 0. The van der Waals surface area contributed by atoms with Gasteiger partial charge in [0.1, 0.15) is 11.9 Å². The zero-order chi connectivity index (χ0) is 16.9. The second-order valence-electron chi connectivity index (χ2n) is 6.25. The largest absolute Gasteiger partial charge is 0.475 e. The standard InChI is InChI=1S/C18H25N3O3/c1-4-17(21(2)3)23-15-6-5-13-12-19-18(20-16(13)11-15)24-14-7-9-22-10-8-14/h5-6,11-12,14,17H,4,7-10H2,1-3H3. The molecule has 3 rings (SSSR count). The van der Waals surface area contributed by atoms with E-state index in [2.05, 4.69) is 21.8 Å². The van der Waals surface area contributed by atoms with E-state index in [-0.39, 0.29) is 12.3 Å². The number of ether oxygens (including phenoxy) is 3. The highest BCUT2D eigenvalue weighted by Crippen LogP contribution is 2.23. The molecule has 0 N–H and O–H groups in total. The molecule has 2 heterocycles. The number of benzene rings is 1. The Morgan fingerprint density at radius 3 is 2.79 bits per heavy atom. The maximum absolute atomic E-state index is 6.03. The molecule has 6 heteroatoms. The summed E-state index contributed by atoms with van der Waals surface area (Å²) >= 11 is 0. The van der Waals surface area contributed by atoms with Crippen molar-refractivity contribution in [1.29, 1.82) is 0 Å². The molecule has 1 aliphatic heterocycles. The molecule has 130 valence electrons. The van der Waals surface area contributed by atoms with Crippen LogP contribution >= 0.6 is 0 Å². The third kappa shape index (κ3) is 4.13. The van der Waals surface area contributed by atoms with Crippen molar-refractivity contribution in [2.24, 2.45) is 0 Å². The highest BCUT2D eigenvalue weighted by molar-refractivity contribution is 5.79. The van der Waals surface area contributed by atoms with E-state index in [0.29, 0.717) is 6.01 Å². The van der Waals surface area contributed by atoms with Crippen molar-refractivity contribution in [3.05, 3.63) is 24.4 Å². The predicted molar refractivity (Wildman–Crippen MR) is 92.4 cm³/mol. The van der Waals surface area contributed by atoms with Crippen LogP contribution in [-0.2, 0) is 4.74 Å². The van der Waals surface area contributed by atoms with E-state index in [1.807, 2.05) is 32.3 Å². The lowest BCUT2D eigenvalue weighted by molar-refractivity contribution is 0.0218. The van der Waals surface area contributed by atoms with Gasteiger partial charge < -0.3 is 14.2 Å². The van der Waals surface area contributed by atoms with Gasteiger partial charge in [-0.3, -0.25) is 4.90 Å². The first-order valence-corrected chi connectivity index (χ1v) is 8.50. The van der Waals surface area contributed by atoms with Crippen LogP contribution in [0.25, 0.3) is 10.9 Å². The summed E-state index contributed by atoms with van der Waals surface area (Å²) in [6.07, 6.45) is 4.64. The normalized spacial score (nSPS) is 17.2. The van der Waals surface area contributed by atoms with E-state index < -0.39 is 0 Å². The summed E-state index contributed by atoms with van der Waals surface area (Å²) in [7, 11) is 4.02. The average Bonchev–Trinajstić information content (AvgIpc) is 2.60. The summed E-state index contributed by atoms with van der Waals surface area (Å²) in [5, 5.41) is 0.972. The number of fused-ring (bicyclic) bond motifs is 1. The van der Waals surface area contributed by atoms with E-state index in [9.17, 15) is 0 Å². The third-order valence-corrected chi connectivity index (χ3v) is 4.17. The van der Waals surface area contributed by atoms with E-state index in [1.54, 1.807) is 6.20 Å². The lowest BCUT2D eigenvalue weighted by Crippen LogP contribution is -2.32. The van der Waals surface area contributed by atoms with Crippen LogP contribution in [0.4, 0.5) is 0 Å². The van der Waals surface area contributed by atoms with Gasteiger partial charge in [0.05, 0.1) is 18.7 Å². The fraction of sp³-hybridized carbons (Fsp3) is 0.556. The maximum Gasteiger partial charge on any atom is 0.317 e. The summed E-state index contributed by atoms with van der Waals surface area (Å²) in [4.78, 5) is 10.9. The molecule has 0 aliphatic carbocycles. The highest BCUT2D eigenvalue weighted by Gasteiger charge is 2.17. The first-order valence-electron chi connectivity index (χ1n) is 8.50. The highest BCUT2D eigenvalue weighted by atomic mass is 16.5. The van der Waals surface area contributed by atoms with Gasteiger partial charge in [-0.05, 0) is 32.6 Å². The first kappa shape index (κ1) is 16.9. The number of aromatic nitrogens is 2. The maximum atomic E-state index is 6.03. The number of rotatable bonds is 6. The lowest BCUT2D eigenvalue weighted by Gasteiger charge is -2.24. The molecule has 1 saturated heterocycles. The minimum absolute atomic E-state index is 0.0437. The second kappa shape index (κ2) is 7.77. The van der Waals surface area contributed by atoms with Gasteiger partial charge in [-0.25, -0.2) is 4.98 Å². The summed E-state index contributed by atoms with van der Waals surface area (Å²) in [6, 6.07) is 6.30. The first-order chi connectivity index (χ1) is 11.7. The topological polar surface area (TPSA) is 56.7 Å². The summed E-state index contributed by atoms with van der Waals surface area (Å²) in [5.41, 5.74) is 0.832. The molecule has 1 aliphatic rings. The van der Waals surface area contributed by atoms with Crippen LogP contribution in [0.3, 0.4) is 0 Å². The van der Waals surface area contributed by atoms with Crippen molar-refractivity contribution < 1.29 is 14.2 Å². The van der Waals surface area contributed by atoms with Crippen LogP contribution in [0.2, 0.25) is 0 Å². The quantitative estimate of drug-likeness (QED) is 0.759. The smallest absolute Gasteiger partial charge is 0.317 e. The van der Waals surface area contributed by atoms with Gasteiger partial charge in [-0.15, -0.1) is 0 Å². The van der Waals surface area contributed by atoms with Crippen molar-refractivity contribution in [3.63, 3.8) is 0 Å². The fourth-order valence-electron chi connectivity index (χ4n) is 2.77. The minimum atomic E-state index is 0.0437. The van der Waals surface area contributed by atoms with Crippen molar-refractivity contribution in [3.8, 4) is 11.8 Å². The Labute approximate surface area is 142 Å². The van der Waals surface area contributed by atoms with E-state index >= 15 is 0 Å². The Balaban J connectivity index is 1.77. The molecule has 0 spiro atoms. The summed E-state index contributed by atoms with van der Waals surface area (Å²) in [5.74, 6) is 0.804. The molecule has 6 nitrogen and oxygen atoms in total. The molecule has 0 bridgehead atoms. The van der Waals surface area contributed by atoms with Gasteiger partial charge >= 0.3 is 6.01 Å². The SMILES string of the molecule is CCC(Oc1ccc2cnc(OC3CCOCC3)nc2c1)N(C)C. The molecule has 1 fully saturated rings. The van der Waals surface area contributed by atoms with E-state index in [0.717, 1.165) is 49.1 Å². The Kier molecular flexibility index (Phi) is 5.48. The van der Waals surface area contributed by atoms with Gasteiger partial charge in [0.2, 0.25) is 0 Å². The molecule has 0 radical (unpaired) electrons. The van der Waals surface area contributed by atoms with Crippen molar-refractivity contribution in [1.82, 2.24) is 14.9 Å². The number of hydrogen-bond acceptors (Lipinski definition) is 6. The lowest BCUT2D eigenvalue weighted by atomic mass is 10.2. The van der Waals surface area contributed by atoms with E-state index in [4.69, 9.17) is 14.2 Å². The molecule has 1 aromatic heterocycles. The Bertz CT molecular complexity index is 672. The second-order valence-corrected chi connectivity index (χ2v) is 6.25. The minimum Gasteiger partial charge on any atom is -0.475 e. The molecule has 1 atom stereocenters. The molecular formula is C18H25N3O3. The van der Waals surface area contributed by atoms with Crippen LogP contribution in [-0.4, -0.2) is 54.5 Å². The molecule has 0 amide bonds. The molecule has 2 aromatic rings. The van der Waals surface area contributed by atoms with Crippen LogP contribution < -0.4 is 9.47 Å². The van der Waals surface area contributed by atoms with Crippen LogP contribution in [0.1, 0.15) is 26.2 Å². The van der Waals surface area contributed by atoms with Crippen molar-refractivity contribution in [2.45, 2.75) is 38.5 Å². The average molecular weight is 331 g/mol. The Hall–Kier alpha value is -1.92. The van der Waals surface area contributed by atoms with Crippen molar-refractivity contribution >= 4 is 10.9 Å². The predicted octanol–water partition coefficient (Wildman–Crippen LogP) is 2.86. The van der Waals surface area contributed by atoms with Crippen LogP contribution in [0.5, 0.6) is 11.8 Å². The third-order valence-electron chi connectivity index (χ3n) is 4.17. The number of nitrogens with zero attached hydrogens (tertiary/aromatic N) is 3. The Morgan fingerprint density at radius 1 is 1.29 bits per heavy atom. The summed E-state index contributed by atoms with van der Waals surface area (Å²) < 4.78 is 17.3. The van der Waals surface area contributed by atoms with E-state index in [1.165, 1.54) is 0 Å². The van der Waals surface area contributed by atoms with Crippen molar-refractivity contribution in [2.75, 3.05) is 27.3 Å². The molecular weight excluding hydrogens is 306 g/mol. The summed E-state index contributed by atoms with van der Waals surface area (Å²) in [6.45, 7) is 3.58. The fourth-order valence-corrected chi connectivity index (χ4v) is 2.77.